The molecule has 0 unspecified atom stereocenters. The number of hydrogen-bond acceptors (Lipinski definition) is 4. The third-order valence-corrected chi connectivity index (χ3v) is 3.03. The van der Waals surface area contributed by atoms with E-state index < -0.39 is 0 Å². The lowest BCUT2D eigenvalue weighted by atomic mass is 9.90. The summed E-state index contributed by atoms with van der Waals surface area (Å²) in [4.78, 5) is 11.7. The van der Waals surface area contributed by atoms with Gasteiger partial charge in [-0.3, -0.25) is 4.79 Å². The zero-order valence-corrected chi connectivity index (χ0v) is 12.2. The monoisotopic (exact) mass is 280 g/mol. The predicted molar refractivity (Wildman–Crippen MR) is 79.5 cm³/mol. The molecule has 0 aliphatic rings. The van der Waals surface area contributed by atoms with Crippen LogP contribution in [0.2, 0.25) is 0 Å². The lowest BCUT2D eigenvalue weighted by Crippen LogP contribution is -2.35. The van der Waals surface area contributed by atoms with Crippen molar-refractivity contribution in [2.24, 2.45) is 5.41 Å². The average molecular weight is 280 g/mol. The van der Waals surface area contributed by atoms with Gasteiger partial charge >= 0.3 is 0 Å². The van der Waals surface area contributed by atoms with E-state index in [2.05, 4.69) is 5.32 Å². The van der Waals surface area contributed by atoms with Gasteiger partial charge in [-0.25, -0.2) is 0 Å². The molecule has 5 nitrogen and oxygen atoms in total. The largest absolute Gasteiger partial charge is 0.493 e. The van der Waals surface area contributed by atoms with Crippen LogP contribution < -0.4 is 15.8 Å². The number of carbonyl (C=O) groups is 1. The number of carbonyl (C=O) groups excluding carboxylic acids is 1. The van der Waals surface area contributed by atoms with Crippen molar-refractivity contribution in [3.63, 3.8) is 0 Å². The van der Waals surface area contributed by atoms with Crippen molar-refractivity contribution in [2.45, 2.75) is 26.7 Å². The van der Waals surface area contributed by atoms with Gasteiger partial charge in [0.05, 0.1) is 13.0 Å². The molecule has 20 heavy (non-hydrogen) atoms. The average Bonchev–Trinajstić information content (AvgIpc) is 2.39. The number of ether oxygens (including phenoxy) is 1. The van der Waals surface area contributed by atoms with Crippen LogP contribution in [0, 0.1) is 5.41 Å². The van der Waals surface area contributed by atoms with Gasteiger partial charge in [0.15, 0.2) is 0 Å². The number of hydrogen-bond donors (Lipinski definition) is 3. The van der Waals surface area contributed by atoms with Crippen LogP contribution in [0.4, 0.5) is 5.69 Å². The number of nitrogens with two attached hydrogens (primary N) is 1. The third-order valence-electron chi connectivity index (χ3n) is 3.03. The molecule has 112 valence electrons. The second kappa shape index (κ2) is 7.75. The molecular formula is C15H24N2O3. The molecule has 1 rings (SSSR count). The molecule has 1 amide bonds. The smallest absolute Gasteiger partial charge is 0.223 e. The van der Waals surface area contributed by atoms with E-state index in [9.17, 15) is 4.79 Å². The van der Waals surface area contributed by atoms with E-state index in [1.807, 2.05) is 13.8 Å². The summed E-state index contributed by atoms with van der Waals surface area (Å²) < 4.78 is 5.45. The minimum atomic E-state index is -0.0950. The lowest BCUT2D eigenvalue weighted by Gasteiger charge is -2.23. The van der Waals surface area contributed by atoms with Crippen LogP contribution in [0.25, 0.3) is 0 Å². The normalized spacial score (nSPS) is 11.2. The fourth-order valence-corrected chi connectivity index (χ4v) is 1.64. The highest BCUT2D eigenvalue weighted by atomic mass is 16.5. The maximum absolute atomic E-state index is 11.7. The number of anilines is 1. The number of nitrogen functional groups attached to an aromatic ring is 1. The first-order valence-electron chi connectivity index (χ1n) is 6.79. The molecule has 0 bridgehead atoms. The standard InChI is InChI=1S/C15H24N2O3/c1-15(2,8-9-18)11-17-14(19)7-10-20-13-5-3-12(16)4-6-13/h3-6,18H,7-11,16H2,1-2H3,(H,17,19). The second-order valence-electron chi connectivity index (χ2n) is 5.58. The Morgan fingerprint density at radius 2 is 2.00 bits per heavy atom. The van der Waals surface area contributed by atoms with Crippen molar-refractivity contribution in [1.82, 2.24) is 5.32 Å². The molecule has 0 aliphatic carbocycles. The highest BCUT2D eigenvalue weighted by Crippen LogP contribution is 2.18. The molecule has 0 fully saturated rings. The first-order chi connectivity index (χ1) is 9.43. The van der Waals surface area contributed by atoms with Crippen molar-refractivity contribution in [3.8, 4) is 5.75 Å². The Labute approximate surface area is 120 Å². The van der Waals surface area contributed by atoms with Crippen LogP contribution >= 0.6 is 0 Å². The first kappa shape index (κ1) is 16.3. The third kappa shape index (κ3) is 6.43. The first-order valence-corrected chi connectivity index (χ1v) is 6.79. The van der Waals surface area contributed by atoms with Gasteiger partial charge in [0.25, 0.3) is 0 Å². The van der Waals surface area contributed by atoms with Crippen molar-refractivity contribution in [3.05, 3.63) is 24.3 Å². The van der Waals surface area contributed by atoms with Crippen LogP contribution in [-0.2, 0) is 4.79 Å². The molecule has 0 aliphatic heterocycles. The molecule has 0 radical (unpaired) electrons. The fourth-order valence-electron chi connectivity index (χ4n) is 1.64. The second-order valence-corrected chi connectivity index (χ2v) is 5.58. The predicted octanol–water partition coefficient (Wildman–Crippen LogP) is 1.56. The van der Waals surface area contributed by atoms with Crippen LogP contribution in [0.1, 0.15) is 26.7 Å². The zero-order chi connectivity index (χ0) is 15.0. The van der Waals surface area contributed by atoms with Crippen molar-refractivity contribution < 1.29 is 14.6 Å². The summed E-state index contributed by atoms with van der Waals surface area (Å²) in [6.07, 6.45) is 0.967. The lowest BCUT2D eigenvalue weighted by molar-refractivity contribution is -0.122. The van der Waals surface area contributed by atoms with Crippen LogP contribution in [0.3, 0.4) is 0 Å². The van der Waals surface area contributed by atoms with Gasteiger partial charge in [0, 0.05) is 18.8 Å². The van der Waals surface area contributed by atoms with E-state index >= 15 is 0 Å². The number of aliphatic hydroxyl groups excluding tert-OH is 1. The minimum Gasteiger partial charge on any atom is -0.493 e. The van der Waals surface area contributed by atoms with Gasteiger partial charge in [0.2, 0.25) is 5.91 Å². The Kier molecular flexibility index (Phi) is 6.31. The van der Waals surface area contributed by atoms with Crippen LogP contribution in [0.5, 0.6) is 5.75 Å². The molecule has 0 atom stereocenters. The number of aliphatic hydroxyl groups is 1. The van der Waals surface area contributed by atoms with Crippen LogP contribution in [0.15, 0.2) is 24.3 Å². The molecule has 5 heteroatoms. The quantitative estimate of drug-likeness (QED) is 0.631. The SMILES string of the molecule is CC(C)(CCO)CNC(=O)CCOc1ccc(N)cc1. The van der Waals surface area contributed by atoms with Gasteiger partial charge in [0.1, 0.15) is 5.75 Å². The Balaban J connectivity index is 2.22. The van der Waals surface area contributed by atoms with Crippen molar-refractivity contribution in [2.75, 3.05) is 25.5 Å². The summed E-state index contributed by atoms with van der Waals surface area (Å²) in [6, 6.07) is 7.06. The Hall–Kier alpha value is -1.75. The summed E-state index contributed by atoms with van der Waals surface area (Å²) in [7, 11) is 0. The molecule has 0 saturated heterocycles. The fraction of sp³-hybridized carbons (Fsp3) is 0.533. The molecule has 0 aromatic heterocycles. The zero-order valence-electron chi connectivity index (χ0n) is 12.2. The van der Waals surface area contributed by atoms with E-state index in [1.54, 1.807) is 24.3 Å². The van der Waals surface area contributed by atoms with E-state index in [-0.39, 0.29) is 17.9 Å². The van der Waals surface area contributed by atoms with Gasteiger partial charge in [-0.1, -0.05) is 13.8 Å². The number of nitrogens with one attached hydrogen (secondary N) is 1. The van der Waals surface area contributed by atoms with E-state index in [1.165, 1.54) is 0 Å². The van der Waals surface area contributed by atoms with E-state index in [0.29, 0.717) is 37.4 Å². The van der Waals surface area contributed by atoms with Crippen LogP contribution in [-0.4, -0.2) is 30.8 Å². The summed E-state index contributed by atoms with van der Waals surface area (Å²) in [6.45, 7) is 5.02. The Bertz CT molecular complexity index is 416. The van der Waals surface area contributed by atoms with Gasteiger partial charge in [-0.2, -0.15) is 0 Å². The maximum Gasteiger partial charge on any atom is 0.223 e. The summed E-state index contributed by atoms with van der Waals surface area (Å²) in [5.41, 5.74) is 6.16. The molecule has 4 N–H and O–H groups in total. The molecule has 0 heterocycles. The number of amides is 1. The van der Waals surface area contributed by atoms with Crippen molar-refractivity contribution in [1.29, 1.82) is 0 Å². The topological polar surface area (TPSA) is 84.6 Å². The van der Waals surface area contributed by atoms with Gasteiger partial charge in [-0.15, -0.1) is 0 Å². The highest BCUT2D eigenvalue weighted by molar-refractivity contribution is 5.76. The number of rotatable bonds is 8. The maximum atomic E-state index is 11.7. The number of benzene rings is 1. The molecular weight excluding hydrogens is 256 g/mol. The van der Waals surface area contributed by atoms with E-state index in [0.717, 1.165) is 0 Å². The Morgan fingerprint density at radius 3 is 2.60 bits per heavy atom. The summed E-state index contributed by atoms with van der Waals surface area (Å²) in [5.74, 6) is 0.652. The highest BCUT2D eigenvalue weighted by Gasteiger charge is 2.17. The van der Waals surface area contributed by atoms with E-state index in [4.69, 9.17) is 15.6 Å². The summed E-state index contributed by atoms with van der Waals surface area (Å²) in [5, 5.41) is 11.8. The molecule has 1 aromatic carbocycles. The Morgan fingerprint density at radius 1 is 1.35 bits per heavy atom. The van der Waals surface area contributed by atoms with Crippen molar-refractivity contribution >= 4 is 11.6 Å². The van der Waals surface area contributed by atoms with Gasteiger partial charge in [-0.05, 0) is 36.1 Å². The van der Waals surface area contributed by atoms with Gasteiger partial charge < -0.3 is 20.9 Å². The summed E-state index contributed by atoms with van der Waals surface area (Å²) >= 11 is 0. The minimum absolute atomic E-state index is 0.0496. The molecule has 1 aromatic rings. The molecule has 0 saturated carbocycles. The molecule has 0 spiro atoms.